The van der Waals surface area contributed by atoms with E-state index in [9.17, 15) is 9.59 Å². The summed E-state index contributed by atoms with van der Waals surface area (Å²) in [6.07, 6.45) is -1.75. The molecule has 36 heavy (non-hydrogen) atoms. The van der Waals surface area contributed by atoms with Crippen LogP contribution in [0.5, 0.6) is 5.75 Å². The number of nitrogens with zero attached hydrogens (tertiary/aromatic N) is 1. The molecule has 2 N–H and O–H groups in total. The predicted molar refractivity (Wildman–Crippen MR) is 137 cm³/mol. The number of ether oxygens (including phenoxy) is 5. The zero-order valence-electron chi connectivity index (χ0n) is 21.0. The number of thioether (sulfide) groups is 1. The molecule has 1 aliphatic heterocycles. The molecule has 1 aliphatic rings. The number of nitrogen functional groups attached to an aromatic ring is 1. The number of anilines is 1. The number of imide groups is 1. The van der Waals surface area contributed by atoms with E-state index in [-0.39, 0.29) is 19.3 Å². The van der Waals surface area contributed by atoms with Gasteiger partial charge in [0.15, 0.2) is 6.10 Å². The van der Waals surface area contributed by atoms with Crippen molar-refractivity contribution in [1.29, 1.82) is 0 Å². The van der Waals surface area contributed by atoms with Crippen molar-refractivity contribution in [1.82, 2.24) is 4.90 Å². The highest BCUT2D eigenvalue weighted by molar-refractivity contribution is 7.99. The molecule has 0 radical (unpaired) electrons. The second-order valence-corrected chi connectivity index (χ2v) is 9.74. The van der Waals surface area contributed by atoms with Crippen LogP contribution in [0.25, 0.3) is 0 Å². The summed E-state index contributed by atoms with van der Waals surface area (Å²) in [4.78, 5) is 28.6. The van der Waals surface area contributed by atoms with E-state index >= 15 is 0 Å². The van der Waals surface area contributed by atoms with Gasteiger partial charge < -0.3 is 29.4 Å². The lowest BCUT2D eigenvalue weighted by Crippen LogP contribution is -2.49. The second-order valence-electron chi connectivity index (χ2n) is 8.55. The van der Waals surface area contributed by atoms with Gasteiger partial charge in [0.1, 0.15) is 19.1 Å². The van der Waals surface area contributed by atoms with Crippen LogP contribution in [0.3, 0.4) is 0 Å². The largest absolute Gasteiger partial charge is 0.497 e. The van der Waals surface area contributed by atoms with E-state index in [1.54, 1.807) is 20.3 Å². The molecule has 1 saturated heterocycles. The Morgan fingerprint density at radius 2 is 1.86 bits per heavy atom. The molecule has 0 bridgehead atoms. The molecular formula is C26H34N2O7S. The number of para-hydroxylation sites is 1. The zero-order valence-corrected chi connectivity index (χ0v) is 21.9. The minimum absolute atomic E-state index is 0.0101. The Hall–Kier alpha value is -2.79. The Labute approximate surface area is 216 Å². The number of amides is 2. The molecule has 2 aromatic carbocycles. The fourth-order valence-corrected chi connectivity index (χ4v) is 5.00. The smallest absolute Gasteiger partial charge is 0.417 e. The average Bonchev–Trinajstić information content (AvgIpc) is 3.27. The van der Waals surface area contributed by atoms with Gasteiger partial charge in [-0.3, -0.25) is 4.79 Å². The number of nitrogens with two attached hydrogens (primary N) is 1. The van der Waals surface area contributed by atoms with E-state index in [4.69, 9.17) is 29.4 Å². The van der Waals surface area contributed by atoms with E-state index in [1.165, 1.54) is 16.7 Å². The van der Waals surface area contributed by atoms with Crippen LogP contribution in [0.1, 0.15) is 24.7 Å². The quantitative estimate of drug-likeness (QED) is 0.181. The minimum Gasteiger partial charge on any atom is -0.497 e. The summed E-state index contributed by atoms with van der Waals surface area (Å²) in [5, 5.41) is -0.555. The summed E-state index contributed by atoms with van der Waals surface area (Å²) in [5.41, 5.74) is 7.61. The Morgan fingerprint density at radius 1 is 1.14 bits per heavy atom. The fraction of sp³-hybridized carbons (Fsp3) is 0.462. The van der Waals surface area contributed by atoms with Crippen LogP contribution in [0.4, 0.5) is 10.5 Å². The van der Waals surface area contributed by atoms with Crippen molar-refractivity contribution in [2.45, 2.75) is 36.1 Å². The SMILES string of the molecule is COCCOCO[C@@H](C(=O)N1C(=O)OC[C@@H]1C(C)C)[C@@H](Sc1ccccc1N)c1ccc(OC)cc1. The van der Waals surface area contributed by atoms with Crippen LogP contribution >= 0.6 is 11.8 Å². The fourth-order valence-electron chi connectivity index (χ4n) is 3.75. The lowest BCUT2D eigenvalue weighted by molar-refractivity contribution is -0.154. The molecule has 0 saturated carbocycles. The highest BCUT2D eigenvalue weighted by Crippen LogP contribution is 2.43. The van der Waals surface area contributed by atoms with Crippen LogP contribution in [0, 0.1) is 5.92 Å². The van der Waals surface area contributed by atoms with Crippen molar-refractivity contribution in [3.05, 3.63) is 54.1 Å². The molecule has 1 heterocycles. The van der Waals surface area contributed by atoms with Gasteiger partial charge in [-0.15, -0.1) is 11.8 Å². The van der Waals surface area contributed by atoms with Crippen molar-refractivity contribution in [3.8, 4) is 5.75 Å². The number of carbonyl (C=O) groups excluding carboxylic acids is 2. The van der Waals surface area contributed by atoms with Gasteiger partial charge >= 0.3 is 6.09 Å². The number of carbonyl (C=O) groups is 2. The Balaban J connectivity index is 2.00. The number of methoxy groups -OCH3 is 2. The van der Waals surface area contributed by atoms with E-state index in [0.717, 1.165) is 10.5 Å². The maximum atomic E-state index is 14.0. The van der Waals surface area contributed by atoms with Gasteiger partial charge in [0.05, 0.1) is 31.6 Å². The third-order valence-electron chi connectivity index (χ3n) is 5.81. The molecule has 10 heteroatoms. The van der Waals surface area contributed by atoms with Gasteiger partial charge in [0, 0.05) is 17.7 Å². The maximum Gasteiger partial charge on any atom is 0.417 e. The standard InChI is InChI=1S/C26H34N2O7S/c1-17(2)21-15-34-26(30)28(21)25(29)23(35-16-33-14-13-31-3)24(18-9-11-19(32-4)12-10-18)36-22-8-6-5-7-20(22)27/h5-12,17,21,23-24H,13-16,27H2,1-4H3/t21-,23-,24+/m1/s1. The Bertz CT molecular complexity index is 1000. The third-order valence-corrected chi connectivity index (χ3v) is 7.21. The van der Waals surface area contributed by atoms with Crippen LogP contribution < -0.4 is 10.5 Å². The summed E-state index contributed by atoms with van der Waals surface area (Å²) in [6.45, 7) is 4.54. The van der Waals surface area contributed by atoms with Crippen molar-refractivity contribution in [3.63, 3.8) is 0 Å². The summed E-state index contributed by atoms with van der Waals surface area (Å²) in [6, 6.07) is 14.4. The second kappa shape index (κ2) is 13.5. The third kappa shape index (κ3) is 6.91. The van der Waals surface area contributed by atoms with Gasteiger partial charge in [0.2, 0.25) is 0 Å². The lowest BCUT2D eigenvalue weighted by Gasteiger charge is -2.31. The molecule has 1 fully saturated rings. The maximum absolute atomic E-state index is 14.0. The first-order chi connectivity index (χ1) is 17.4. The van der Waals surface area contributed by atoms with Crippen molar-refractivity contribution >= 4 is 29.4 Å². The molecule has 0 unspecified atom stereocenters. The van der Waals surface area contributed by atoms with Crippen molar-refractivity contribution in [2.75, 3.05) is 46.6 Å². The van der Waals surface area contributed by atoms with Crippen LogP contribution in [-0.2, 0) is 23.7 Å². The predicted octanol–water partition coefficient (Wildman–Crippen LogP) is 4.12. The molecule has 2 amide bonds. The molecule has 196 valence electrons. The lowest BCUT2D eigenvalue weighted by atomic mass is 10.0. The van der Waals surface area contributed by atoms with Gasteiger partial charge in [0.25, 0.3) is 5.91 Å². The average molecular weight is 519 g/mol. The first-order valence-electron chi connectivity index (χ1n) is 11.7. The normalized spacial score (nSPS) is 17.2. The first-order valence-corrected chi connectivity index (χ1v) is 12.6. The van der Waals surface area contributed by atoms with Crippen LogP contribution in [-0.4, -0.2) is 69.9 Å². The van der Waals surface area contributed by atoms with Crippen LogP contribution in [0.2, 0.25) is 0 Å². The number of hydrogen-bond acceptors (Lipinski definition) is 9. The van der Waals surface area contributed by atoms with E-state index in [2.05, 4.69) is 0 Å². The van der Waals surface area contributed by atoms with E-state index < -0.39 is 29.4 Å². The molecule has 0 aliphatic carbocycles. The number of hydrogen-bond donors (Lipinski definition) is 1. The highest BCUT2D eigenvalue weighted by Gasteiger charge is 2.45. The van der Waals surface area contributed by atoms with Gasteiger partial charge in [-0.25, -0.2) is 9.69 Å². The number of rotatable bonds is 13. The summed E-state index contributed by atoms with van der Waals surface area (Å²) < 4.78 is 27.1. The van der Waals surface area contributed by atoms with Crippen molar-refractivity contribution < 1.29 is 33.3 Å². The van der Waals surface area contributed by atoms with Gasteiger partial charge in [-0.1, -0.05) is 38.1 Å². The molecule has 2 aromatic rings. The topological polar surface area (TPSA) is 110 Å². The molecule has 3 atom stereocenters. The summed E-state index contributed by atoms with van der Waals surface area (Å²) in [5.74, 6) is 0.196. The molecular weight excluding hydrogens is 484 g/mol. The van der Waals surface area contributed by atoms with E-state index in [0.29, 0.717) is 24.7 Å². The van der Waals surface area contributed by atoms with Gasteiger partial charge in [-0.2, -0.15) is 0 Å². The van der Waals surface area contributed by atoms with Crippen LogP contribution in [0.15, 0.2) is 53.4 Å². The highest BCUT2D eigenvalue weighted by atomic mass is 32.2. The van der Waals surface area contributed by atoms with E-state index in [1.807, 2.05) is 56.3 Å². The monoisotopic (exact) mass is 518 g/mol. The molecule has 3 rings (SSSR count). The minimum atomic E-state index is -1.07. The Kier molecular flexibility index (Phi) is 10.4. The summed E-state index contributed by atoms with van der Waals surface area (Å²) in [7, 11) is 3.16. The summed E-state index contributed by atoms with van der Waals surface area (Å²) >= 11 is 1.39. The molecule has 9 nitrogen and oxygen atoms in total. The zero-order chi connectivity index (χ0) is 26.1. The van der Waals surface area contributed by atoms with Crippen molar-refractivity contribution in [2.24, 2.45) is 5.92 Å². The molecule has 0 aromatic heterocycles. The Morgan fingerprint density at radius 3 is 2.50 bits per heavy atom. The van der Waals surface area contributed by atoms with Gasteiger partial charge in [-0.05, 0) is 35.7 Å². The number of cyclic esters (lactones) is 1. The number of benzene rings is 2. The first kappa shape index (κ1) is 27.8. The molecule has 0 spiro atoms.